The molecule has 0 amide bonds. The number of imidazole rings is 1. The van der Waals surface area contributed by atoms with Crippen LogP contribution in [0.2, 0.25) is 0 Å². The van der Waals surface area contributed by atoms with Gasteiger partial charge in [-0.25, -0.2) is 9.37 Å². The molecular formula is C27H26FN3O2. The Labute approximate surface area is 192 Å². The minimum absolute atomic E-state index is 0.0759. The summed E-state index contributed by atoms with van der Waals surface area (Å²) in [6.45, 7) is 4.31. The monoisotopic (exact) mass is 443 g/mol. The Balaban J connectivity index is 1.37. The number of rotatable bonds is 5. The SMILES string of the molecule is Cc1c(CNc2ccc3c(c2)OCC3)cccc1-n1c([C@H]2CCCO2)nc2cc(F)ccc21. The number of nitrogens with zero attached hydrogens (tertiary/aromatic N) is 2. The highest BCUT2D eigenvalue weighted by molar-refractivity contribution is 5.79. The van der Waals surface area contributed by atoms with Crippen LogP contribution in [0.1, 0.15) is 41.5 Å². The Hall–Kier alpha value is -3.38. The number of fused-ring (bicyclic) bond motifs is 2. The first-order chi connectivity index (χ1) is 16.2. The lowest BCUT2D eigenvalue weighted by Gasteiger charge is -2.18. The van der Waals surface area contributed by atoms with Gasteiger partial charge in [0.2, 0.25) is 0 Å². The summed E-state index contributed by atoms with van der Waals surface area (Å²) in [5, 5.41) is 3.54. The molecule has 6 rings (SSSR count). The summed E-state index contributed by atoms with van der Waals surface area (Å²) in [7, 11) is 0. The van der Waals surface area contributed by atoms with E-state index in [0.717, 1.165) is 66.5 Å². The van der Waals surface area contributed by atoms with Crippen molar-refractivity contribution in [3.8, 4) is 11.4 Å². The van der Waals surface area contributed by atoms with E-state index in [4.69, 9.17) is 14.5 Å². The lowest BCUT2D eigenvalue weighted by molar-refractivity contribution is 0.104. The number of nitrogens with one attached hydrogen (secondary N) is 1. The maximum atomic E-state index is 13.9. The molecule has 3 aromatic carbocycles. The first-order valence-corrected chi connectivity index (χ1v) is 11.6. The number of anilines is 1. The van der Waals surface area contributed by atoms with Gasteiger partial charge in [0.1, 0.15) is 23.5 Å². The molecular weight excluding hydrogens is 417 g/mol. The molecule has 1 atom stereocenters. The Morgan fingerprint density at radius 2 is 2.06 bits per heavy atom. The smallest absolute Gasteiger partial charge is 0.143 e. The van der Waals surface area contributed by atoms with Crippen molar-refractivity contribution in [3.05, 3.63) is 82.9 Å². The summed E-state index contributed by atoms with van der Waals surface area (Å²) >= 11 is 0. The van der Waals surface area contributed by atoms with Crippen LogP contribution in [0, 0.1) is 12.7 Å². The molecule has 6 heteroatoms. The zero-order valence-electron chi connectivity index (χ0n) is 18.6. The molecule has 0 radical (unpaired) electrons. The zero-order chi connectivity index (χ0) is 22.4. The number of hydrogen-bond donors (Lipinski definition) is 1. The van der Waals surface area contributed by atoms with E-state index in [0.29, 0.717) is 12.1 Å². The molecule has 1 fully saturated rings. The van der Waals surface area contributed by atoms with Crippen LogP contribution in [0.25, 0.3) is 16.7 Å². The average molecular weight is 444 g/mol. The van der Waals surface area contributed by atoms with Crippen molar-refractivity contribution in [2.24, 2.45) is 0 Å². The minimum Gasteiger partial charge on any atom is -0.493 e. The van der Waals surface area contributed by atoms with Gasteiger partial charge in [-0.1, -0.05) is 18.2 Å². The normalized spacial score (nSPS) is 17.3. The third kappa shape index (κ3) is 3.64. The number of benzene rings is 3. The van der Waals surface area contributed by atoms with Crippen LogP contribution < -0.4 is 10.1 Å². The highest BCUT2D eigenvalue weighted by Crippen LogP contribution is 2.35. The van der Waals surface area contributed by atoms with E-state index in [1.54, 1.807) is 0 Å². The van der Waals surface area contributed by atoms with Gasteiger partial charge in [-0.3, -0.25) is 4.57 Å². The van der Waals surface area contributed by atoms with Gasteiger partial charge < -0.3 is 14.8 Å². The van der Waals surface area contributed by atoms with Crippen LogP contribution in [0.15, 0.2) is 54.6 Å². The molecule has 0 unspecified atom stereocenters. The van der Waals surface area contributed by atoms with Crippen LogP contribution in [0.4, 0.5) is 10.1 Å². The van der Waals surface area contributed by atoms with E-state index in [-0.39, 0.29) is 11.9 Å². The predicted molar refractivity (Wildman–Crippen MR) is 127 cm³/mol. The summed E-state index contributed by atoms with van der Waals surface area (Å²) in [5.41, 5.74) is 7.26. The molecule has 3 heterocycles. The van der Waals surface area contributed by atoms with Crippen molar-refractivity contribution < 1.29 is 13.9 Å². The van der Waals surface area contributed by atoms with Gasteiger partial charge in [-0.15, -0.1) is 0 Å². The summed E-state index contributed by atoms with van der Waals surface area (Å²) in [5.74, 6) is 1.54. The molecule has 1 aromatic heterocycles. The zero-order valence-corrected chi connectivity index (χ0v) is 18.6. The molecule has 0 spiro atoms. The third-order valence-corrected chi connectivity index (χ3v) is 6.70. The van der Waals surface area contributed by atoms with E-state index in [2.05, 4.69) is 53.2 Å². The topological polar surface area (TPSA) is 48.3 Å². The molecule has 0 bridgehead atoms. The molecule has 1 N–H and O–H groups in total. The molecule has 4 aromatic rings. The molecule has 1 saturated heterocycles. The van der Waals surface area contributed by atoms with Crippen LogP contribution in [-0.2, 0) is 17.7 Å². The number of aromatic nitrogens is 2. The Bertz CT molecular complexity index is 1340. The fraction of sp³-hybridized carbons (Fsp3) is 0.296. The second-order valence-electron chi connectivity index (χ2n) is 8.78. The van der Waals surface area contributed by atoms with Gasteiger partial charge in [0.15, 0.2) is 0 Å². The maximum Gasteiger partial charge on any atom is 0.143 e. The van der Waals surface area contributed by atoms with Gasteiger partial charge in [0, 0.05) is 37.4 Å². The van der Waals surface area contributed by atoms with Gasteiger partial charge in [-0.2, -0.15) is 0 Å². The third-order valence-electron chi connectivity index (χ3n) is 6.70. The minimum atomic E-state index is -0.279. The first kappa shape index (κ1) is 20.2. The van der Waals surface area contributed by atoms with E-state index in [9.17, 15) is 4.39 Å². The van der Waals surface area contributed by atoms with E-state index < -0.39 is 0 Å². The fourth-order valence-electron chi connectivity index (χ4n) is 4.90. The van der Waals surface area contributed by atoms with Crippen molar-refractivity contribution in [3.63, 3.8) is 0 Å². The van der Waals surface area contributed by atoms with Gasteiger partial charge in [0.05, 0.1) is 23.3 Å². The van der Waals surface area contributed by atoms with Crippen molar-refractivity contribution in [2.45, 2.75) is 38.8 Å². The molecule has 2 aliphatic rings. The molecule has 33 heavy (non-hydrogen) atoms. The first-order valence-electron chi connectivity index (χ1n) is 11.6. The lowest BCUT2D eigenvalue weighted by atomic mass is 10.1. The molecule has 0 aliphatic carbocycles. The Kier molecular flexibility index (Phi) is 5.03. The van der Waals surface area contributed by atoms with Crippen LogP contribution in [-0.4, -0.2) is 22.8 Å². The van der Waals surface area contributed by atoms with Crippen LogP contribution in [0.5, 0.6) is 5.75 Å². The Morgan fingerprint density at radius 1 is 1.12 bits per heavy atom. The average Bonchev–Trinajstić information content (AvgIpc) is 3.57. The van der Waals surface area contributed by atoms with Gasteiger partial charge in [-0.05, 0) is 60.7 Å². The molecule has 2 aliphatic heterocycles. The number of halogens is 1. The molecule has 5 nitrogen and oxygen atoms in total. The van der Waals surface area contributed by atoms with Gasteiger partial charge >= 0.3 is 0 Å². The van der Waals surface area contributed by atoms with Crippen molar-refractivity contribution in [1.29, 1.82) is 0 Å². The number of hydrogen-bond acceptors (Lipinski definition) is 4. The quantitative estimate of drug-likeness (QED) is 0.419. The highest BCUT2D eigenvalue weighted by Gasteiger charge is 2.26. The predicted octanol–water partition coefficient (Wildman–Crippen LogP) is 5.87. The highest BCUT2D eigenvalue weighted by atomic mass is 19.1. The van der Waals surface area contributed by atoms with E-state index in [1.165, 1.54) is 23.3 Å². The van der Waals surface area contributed by atoms with Gasteiger partial charge in [0.25, 0.3) is 0 Å². The molecule has 0 saturated carbocycles. The van der Waals surface area contributed by atoms with E-state index in [1.807, 2.05) is 6.07 Å². The van der Waals surface area contributed by atoms with E-state index >= 15 is 0 Å². The van der Waals surface area contributed by atoms with Crippen molar-refractivity contribution in [2.75, 3.05) is 18.5 Å². The standard InChI is InChI=1S/C27H26FN3O2/c1-17-19(16-29-21-9-7-18-11-13-33-26(18)15-21)4-2-5-23(17)31-24-10-8-20(28)14-22(24)30-27(31)25-6-3-12-32-25/h2,4-5,7-10,14-15,25,29H,3,6,11-13,16H2,1H3/t25-/m1/s1. The maximum absolute atomic E-state index is 13.9. The second-order valence-corrected chi connectivity index (χ2v) is 8.78. The lowest BCUT2D eigenvalue weighted by Crippen LogP contribution is -2.10. The fourth-order valence-corrected chi connectivity index (χ4v) is 4.90. The van der Waals surface area contributed by atoms with Crippen molar-refractivity contribution >= 4 is 16.7 Å². The summed E-state index contributed by atoms with van der Waals surface area (Å²) in [4.78, 5) is 4.80. The van der Waals surface area contributed by atoms with Crippen LogP contribution in [0.3, 0.4) is 0 Å². The summed E-state index contributed by atoms with van der Waals surface area (Å²) in [6, 6.07) is 17.4. The Morgan fingerprint density at radius 3 is 2.94 bits per heavy atom. The summed E-state index contributed by atoms with van der Waals surface area (Å²) in [6.07, 6.45) is 2.84. The second kappa shape index (κ2) is 8.19. The largest absolute Gasteiger partial charge is 0.493 e. The van der Waals surface area contributed by atoms with Crippen LogP contribution >= 0.6 is 0 Å². The summed E-state index contributed by atoms with van der Waals surface area (Å²) < 4.78 is 27.8. The molecule has 168 valence electrons. The van der Waals surface area contributed by atoms with Crippen molar-refractivity contribution in [1.82, 2.24) is 9.55 Å². The number of ether oxygens (including phenoxy) is 2.